The van der Waals surface area contributed by atoms with Gasteiger partial charge in [0.15, 0.2) is 0 Å². The van der Waals surface area contributed by atoms with E-state index in [4.69, 9.17) is 9.97 Å². The molecule has 0 atom stereocenters. The van der Waals surface area contributed by atoms with Crippen molar-refractivity contribution in [3.8, 4) is 39.5 Å². The van der Waals surface area contributed by atoms with E-state index in [0.717, 1.165) is 38.1 Å². The maximum Gasteiger partial charge on any atom is 0.235 e. The number of fused-ring (bicyclic) bond motifs is 16. The normalized spacial score (nSPS) is 13.4. The summed E-state index contributed by atoms with van der Waals surface area (Å²) in [6, 6.07) is 64.2. The Morgan fingerprint density at radius 3 is 1.98 bits per heavy atom. The Hall–Kier alpha value is -7.14. The van der Waals surface area contributed by atoms with Gasteiger partial charge in [0.05, 0.1) is 26.9 Å². The summed E-state index contributed by atoms with van der Waals surface area (Å²) in [5.74, 6) is 0.675. The van der Waals surface area contributed by atoms with Crippen molar-refractivity contribution in [3.63, 3.8) is 0 Å². The number of aromatic nitrogens is 3. The zero-order valence-corrected chi connectivity index (χ0v) is 33.3. The van der Waals surface area contributed by atoms with Gasteiger partial charge >= 0.3 is 0 Å². The van der Waals surface area contributed by atoms with E-state index in [2.05, 4.69) is 194 Å². The first-order valence-corrected chi connectivity index (χ1v) is 21.1. The fourth-order valence-electron chi connectivity index (χ4n) is 10.3. The first-order chi connectivity index (χ1) is 29.0. The topological polar surface area (TPSA) is 30.7 Å². The zero-order valence-electron chi connectivity index (χ0n) is 32.5. The summed E-state index contributed by atoms with van der Waals surface area (Å²) >= 11 is 1.82. The van der Waals surface area contributed by atoms with Crippen LogP contribution in [0.2, 0.25) is 0 Å². The van der Waals surface area contributed by atoms with Gasteiger partial charge in [-0.15, -0.1) is 11.3 Å². The van der Waals surface area contributed by atoms with Crippen molar-refractivity contribution < 1.29 is 0 Å². The molecule has 59 heavy (non-hydrogen) atoms. The average Bonchev–Trinajstić information content (AvgIpc) is 3.91. The van der Waals surface area contributed by atoms with Gasteiger partial charge in [-0.2, -0.15) is 0 Å². The van der Waals surface area contributed by atoms with E-state index in [9.17, 15) is 0 Å². The van der Waals surface area contributed by atoms with E-state index in [1.807, 2.05) is 11.3 Å². The van der Waals surface area contributed by atoms with Crippen molar-refractivity contribution in [1.82, 2.24) is 14.5 Å². The molecule has 0 aliphatic heterocycles. The summed E-state index contributed by atoms with van der Waals surface area (Å²) in [4.78, 5) is 11.3. The van der Waals surface area contributed by atoms with Crippen LogP contribution in [0.5, 0.6) is 0 Å². The Bertz CT molecular complexity index is 3760. The predicted molar refractivity (Wildman–Crippen MR) is 250 cm³/mol. The fourth-order valence-corrected chi connectivity index (χ4v) is 11.6. The van der Waals surface area contributed by atoms with Crippen LogP contribution in [0.25, 0.3) is 114 Å². The molecule has 3 heterocycles. The van der Waals surface area contributed by atoms with E-state index < -0.39 is 0 Å². The summed E-state index contributed by atoms with van der Waals surface area (Å²) < 4.78 is 4.65. The van der Waals surface area contributed by atoms with Crippen LogP contribution < -0.4 is 0 Å². The van der Waals surface area contributed by atoms with Crippen LogP contribution in [-0.2, 0) is 5.41 Å². The molecule has 13 rings (SSSR count). The van der Waals surface area contributed by atoms with Crippen LogP contribution >= 0.6 is 11.3 Å². The second-order valence-electron chi connectivity index (χ2n) is 16.5. The van der Waals surface area contributed by atoms with Crippen LogP contribution in [-0.4, -0.2) is 14.5 Å². The summed E-state index contributed by atoms with van der Waals surface area (Å²) in [5, 5.41) is 11.1. The second-order valence-corrected chi connectivity index (χ2v) is 17.5. The second kappa shape index (κ2) is 12.0. The molecular formula is C55H35N3S. The maximum atomic E-state index is 5.68. The van der Waals surface area contributed by atoms with Crippen LogP contribution in [0.3, 0.4) is 0 Å². The van der Waals surface area contributed by atoms with Gasteiger partial charge in [0.2, 0.25) is 5.95 Å². The molecular weight excluding hydrogens is 735 g/mol. The van der Waals surface area contributed by atoms with Crippen molar-refractivity contribution in [2.75, 3.05) is 0 Å². The largest absolute Gasteiger partial charge is 0.278 e. The Labute approximate surface area is 344 Å². The van der Waals surface area contributed by atoms with Crippen molar-refractivity contribution in [1.29, 1.82) is 0 Å². The molecule has 1 aliphatic rings. The number of thiophene rings is 1. The van der Waals surface area contributed by atoms with E-state index in [0.29, 0.717) is 5.95 Å². The molecule has 12 aromatic rings. The van der Waals surface area contributed by atoms with Crippen LogP contribution in [0.15, 0.2) is 176 Å². The van der Waals surface area contributed by atoms with Gasteiger partial charge < -0.3 is 0 Å². The van der Waals surface area contributed by atoms with Crippen LogP contribution in [0, 0.1) is 0 Å². The molecule has 4 heteroatoms. The molecule has 0 unspecified atom stereocenters. The predicted octanol–water partition coefficient (Wildman–Crippen LogP) is 15.0. The minimum absolute atomic E-state index is 0.123. The third-order valence-corrected chi connectivity index (χ3v) is 14.2. The summed E-state index contributed by atoms with van der Waals surface area (Å²) in [6.07, 6.45) is 0. The lowest BCUT2D eigenvalue weighted by Gasteiger charge is -2.23. The quantitative estimate of drug-likeness (QED) is 0.168. The molecule has 1 aliphatic carbocycles. The Kier molecular flexibility index (Phi) is 6.66. The van der Waals surface area contributed by atoms with Crippen LogP contribution in [0.1, 0.15) is 25.0 Å². The molecule has 0 fully saturated rings. The number of para-hydroxylation sites is 1. The summed E-state index contributed by atoms with van der Waals surface area (Å²) in [6.45, 7) is 4.75. The number of hydrogen-bond donors (Lipinski definition) is 0. The molecule has 276 valence electrons. The highest BCUT2D eigenvalue weighted by molar-refractivity contribution is 7.27. The summed E-state index contributed by atoms with van der Waals surface area (Å²) in [7, 11) is 0. The SMILES string of the molecule is CC1(C)c2ccccc2-c2ccc3cc4c(cc3c21)c1ccccc1n4-c1nc(-c2cccc(-c3ccccc3)c2)c2sc3c4ccccc4c4ccccc4c3c2n1. The fraction of sp³-hybridized carbons (Fsp3) is 0.0545. The lowest BCUT2D eigenvalue weighted by molar-refractivity contribution is 0.666. The third kappa shape index (κ3) is 4.52. The van der Waals surface area contributed by atoms with Gasteiger partial charge in [-0.25, -0.2) is 9.97 Å². The highest BCUT2D eigenvalue weighted by Gasteiger charge is 2.37. The molecule has 0 saturated carbocycles. The van der Waals surface area contributed by atoms with Gasteiger partial charge in [0, 0.05) is 37.2 Å². The van der Waals surface area contributed by atoms with E-state index in [1.54, 1.807) is 0 Å². The molecule has 0 amide bonds. The van der Waals surface area contributed by atoms with Crippen molar-refractivity contribution in [2.24, 2.45) is 0 Å². The number of rotatable bonds is 3. The minimum atomic E-state index is -0.123. The lowest BCUT2D eigenvalue weighted by atomic mass is 9.80. The van der Waals surface area contributed by atoms with E-state index in [1.165, 1.54) is 81.0 Å². The maximum absolute atomic E-state index is 5.68. The highest BCUT2D eigenvalue weighted by Crippen LogP contribution is 2.52. The van der Waals surface area contributed by atoms with E-state index in [-0.39, 0.29) is 5.41 Å². The first-order valence-electron chi connectivity index (χ1n) is 20.3. The molecule has 3 aromatic heterocycles. The summed E-state index contributed by atoms with van der Waals surface area (Å²) in [5.41, 5.74) is 12.9. The Balaban J connectivity index is 1.16. The lowest BCUT2D eigenvalue weighted by Crippen LogP contribution is -2.15. The molecule has 0 spiro atoms. The van der Waals surface area contributed by atoms with Crippen molar-refractivity contribution in [2.45, 2.75) is 19.3 Å². The Morgan fingerprint density at radius 1 is 0.458 bits per heavy atom. The molecule has 3 nitrogen and oxygen atoms in total. The smallest absolute Gasteiger partial charge is 0.235 e. The molecule has 0 bridgehead atoms. The standard InChI is InChI=1S/C55H35N3S/c1-55(2)45-25-12-10-21-38(45)41-28-27-34-30-47-44(31-43(34)49(41)55)39-22-11-13-26-46(39)58(47)54-56-50(35-18-14-17-33(29-35)32-15-4-3-5-16-32)53-51(57-54)48-40-23-8-6-19-36(40)37-20-7-9-24-42(37)52(48)59-53/h3-31H,1-2H3. The number of nitrogens with zero attached hydrogens (tertiary/aromatic N) is 3. The molecule has 0 N–H and O–H groups in total. The van der Waals surface area contributed by atoms with Gasteiger partial charge in [0.1, 0.15) is 0 Å². The number of benzene rings is 9. The van der Waals surface area contributed by atoms with E-state index >= 15 is 0 Å². The van der Waals surface area contributed by atoms with Gasteiger partial charge in [-0.05, 0) is 84.6 Å². The monoisotopic (exact) mass is 769 g/mol. The molecule has 9 aromatic carbocycles. The zero-order chi connectivity index (χ0) is 39.0. The van der Waals surface area contributed by atoms with Crippen LogP contribution in [0.4, 0.5) is 0 Å². The van der Waals surface area contributed by atoms with Crippen molar-refractivity contribution in [3.05, 3.63) is 187 Å². The first kappa shape index (κ1) is 32.9. The Morgan fingerprint density at radius 2 is 1.14 bits per heavy atom. The molecule has 0 saturated heterocycles. The van der Waals surface area contributed by atoms with Gasteiger partial charge in [-0.1, -0.05) is 166 Å². The molecule has 0 radical (unpaired) electrons. The van der Waals surface area contributed by atoms with Gasteiger partial charge in [0.25, 0.3) is 0 Å². The average molecular weight is 770 g/mol. The van der Waals surface area contributed by atoms with Crippen molar-refractivity contribution >= 4 is 85.8 Å². The highest BCUT2D eigenvalue weighted by atomic mass is 32.1. The van der Waals surface area contributed by atoms with Gasteiger partial charge in [-0.3, -0.25) is 4.57 Å². The number of hydrogen-bond acceptors (Lipinski definition) is 3. The minimum Gasteiger partial charge on any atom is -0.278 e. The third-order valence-electron chi connectivity index (χ3n) is 13.0.